The summed E-state index contributed by atoms with van der Waals surface area (Å²) in [6, 6.07) is 4.91. The van der Waals surface area contributed by atoms with Crippen molar-refractivity contribution in [3.63, 3.8) is 0 Å². The fourth-order valence-corrected chi connectivity index (χ4v) is 1.80. The molecule has 0 aliphatic heterocycles. The Kier molecular flexibility index (Phi) is 4.62. The van der Waals surface area contributed by atoms with Gasteiger partial charge in [0, 0.05) is 19.0 Å². The van der Waals surface area contributed by atoms with E-state index in [1.54, 1.807) is 19.1 Å². The topological polar surface area (TPSA) is 118 Å². The standard InChI is InChI=1S/C14H17N3O5/c1-9-6-11(17-22-9)16-13(19)12(18)15-8-14(2,20)7-10-4-3-5-21-10/h3-6,20H,7-8H2,1-2H3,(H,15,18)(H,16,17,19). The third-order valence-electron chi connectivity index (χ3n) is 2.84. The third-order valence-corrected chi connectivity index (χ3v) is 2.84. The van der Waals surface area contributed by atoms with Gasteiger partial charge >= 0.3 is 11.8 Å². The molecule has 0 fully saturated rings. The number of aryl methyl sites for hydroxylation is 1. The summed E-state index contributed by atoms with van der Waals surface area (Å²) in [5.41, 5.74) is -1.24. The monoisotopic (exact) mass is 307 g/mol. The van der Waals surface area contributed by atoms with Gasteiger partial charge in [-0.2, -0.15) is 0 Å². The molecule has 2 heterocycles. The van der Waals surface area contributed by atoms with Gasteiger partial charge in [0.05, 0.1) is 11.9 Å². The van der Waals surface area contributed by atoms with Crippen LogP contribution in [0.4, 0.5) is 5.82 Å². The third kappa shape index (κ3) is 4.45. The number of nitrogens with zero attached hydrogens (tertiary/aromatic N) is 1. The molecule has 0 aliphatic carbocycles. The number of hydrogen-bond acceptors (Lipinski definition) is 6. The average molecular weight is 307 g/mol. The predicted molar refractivity (Wildman–Crippen MR) is 75.9 cm³/mol. The van der Waals surface area contributed by atoms with Crippen LogP contribution in [0, 0.1) is 6.92 Å². The van der Waals surface area contributed by atoms with Gasteiger partial charge in [-0.05, 0) is 26.0 Å². The molecule has 118 valence electrons. The zero-order chi connectivity index (χ0) is 16.2. The molecule has 0 saturated carbocycles. The lowest BCUT2D eigenvalue weighted by Crippen LogP contribution is -2.45. The van der Waals surface area contributed by atoms with Gasteiger partial charge in [-0.15, -0.1) is 0 Å². The van der Waals surface area contributed by atoms with E-state index >= 15 is 0 Å². The first-order valence-corrected chi connectivity index (χ1v) is 6.63. The molecule has 0 aliphatic rings. The Morgan fingerprint density at radius 3 is 2.77 bits per heavy atom. The van der Waals surface area contributed by atoms with Crippen LogP contribution in [0.2, 0.25) is 0 Å². The molecule has 0 aromatic carbocycles. The second kappa shape index (κ2) is 6.44. The molecule has 2 aromatic heterocycles. The highest BCUT2D eigenvalue weighted by Crippen LogP contribution is 2.12. The quantitative estimate of drug-likeness (QED) is 0.697. The number of aliphatic hydroxyl groups is 1. The molecule has 8 heteroatoms. The number of rotatable bonds is 5. The van der Waals surface area contributed by atoms with Gasteiger partial charge in [0.1, 0.15) is 11.5 Å². The largest absolute Gasteiger partial charge is 0.469 e. The van der Waals surface area contributed by atoms with Crippen molar-refractivity contribution in [3.05, 3.63) is 36.0 Å². The fraction of sp³-hybridized carbons (Fsp3) is 0.357. The summed E-state index contributed by atoms with van der Waals surface area (Å²) in [7, 11) is 0. The van der Waals surface area contributed by atoms with Gasteiger partial charge in [-0.25, -0.2) is 0 Å². The Bertz CT molecular complexity index is 645. The summed E-state index contributed by atoms with van der Waals surface area (Å²) in [6.07, 6.45) is 1.71. The predicted octanol–water partition coefficient (Wildman–Crippen LogP) is 0.624. The lowest BCUT2D eigenvalue weighted by Gasteiger charge is -2.22. The second-order valence-corrected chi connectivity index (χ2v) is 5.21. The van der Waals surface area contributed by atoms with Crippen molar-refractivity contribution in [2.75, 3.05) is 11.9 Å². The first kappa shape index (κ1) is 15.8. The van der Waals surface area contributed by atoms with E-state index in [1.807, 2.05) is 0 Å². The number of furan rings is 1. The van der Waals surface area contributed by atoms with Gasteiger partial charge in [0.25, 0.3) is 0 Å². The summed E-state index contributed by atoms with van der Waals surface area (Å²) in [4.78, 5) is 23.3. The minimum Gasteiger partial charge on any atom is -0.469 e. The Balaban J connectivity index is 1.82. The molecular weight excluding hydrogens is 290 g/mol. The van der Waals surface area contributed by atoms with E-state index in [-0.39, 0.29) is 18.8 Å². The lowest BCUT2D eigenvalue weighted by atomic mass is 10.0. The van der Waals surface area contributed by atoms with Gasteiger partial charge in [-0.1, -0.05) is 5.16 Å². The van der Waals surface area contributed by atoms with E-state index in [1.165, 1.54) is 19.3 Å². The molecule has 8 nitrogen and oxygen atoms in total. The van der Waals surface area contributed by atoms with E-state index in [9.17, 15) is 14.7 Å². The Morgan fingerprint density at radius 2 is 2.18 bits per heavy atom. The summed E-state index contributed by atoms with van der Waals surface area (Å²) in [6.45, 7) is 3.10. The minimum atomic E-state index is -1.24. The van der Waals surface area contributed by atoms with E-state index in [2.05, 4.69) is 15.8 Å². The molecule has 3 N–H and O–H groups in total. The van der Waals surface area contributed by atoms with Crippen LogP contribution >= 0.6 is 0 Å². The molecule has 0 bridgehead atoms. The molecule has 2 amide bonds. The number of amides is 2. The minimum absolute atomic E-state index is 0.0994. The summed E-state index contributed by atoms with van der Waals surface area (Å²) < 4.78 is 9.91. The highest BCUT2D eigenvalue weighted by atomic mass is 16.5. The van der Waals surface area contributed by atoms with Crippen LogP contribution < -0.4 is 10.6 Å². The van der Waals surface area contributed by atoms with Crippen molar-refractivity contribution in [1.29, 1.82) is 0 Å². The second-order valence-electron chi connectivity index (χ2n) is 5.21. The number of hydrogen-bond donors (Lipinski definition) is 3. The molecule has 22 heavy (non-hydrogen) atoms. The maximum atomic E-state index is 11.7. The number of carbonyl (C=O) groups is 2. The Labute approximate surface area is 126 Å². The van der Waals surface area contributed by atoms with Crippen molar-refractivity contribution in [2.24, 2.45) is 0 Å². The zero-order valence-electron chi connectivity index (χ0n) is 12.3. The highest BCUT2D eigenvalue weighted by molar-refractivity contribution is 6.39. The normalized spacial score (nSPS) is 13.4. The number of carbonyl (C=O) groups excluding carboxylic acids is 2. The van der Waals surface area contributed by atoms with Gasteiger partial charge < -0.3 is 19.4 Å². The maximum absolute atomic E-state index is 11.7. The molecule has 1 unspecified atom stereocenters. The van der Waals surface area contributed by atoms with E-state index in [0.29, 0.717) is 11.5 Å². The van der Waals surface area contributed by atoms with Gasteiger partial charge in [0.2, 0.25) is 0 Å². The fourth-order valence-electron chi connectivity index (χ4n) is 1.80. The lowest BCUT2D eigenvalue weighted by molar-refractivity contribution is -0.136. The Hall–Kier alpha value is -2.61. The number of nitrogens with one attached hydrogen (secondary N) is 2. The first-order valence-electron chi connectivity index (χ1n) is 6.63. The van der Waals surface area contributed by atoms with Crippen molar-refractivity contribution in [3.8, 4) is 0 Å². The molecule has 1 atom stereocenters. The number of anilines is 1. The molecule has 0 spiro atoms. The van der Waals surface area contributed by atoms with Crippen LogP contribution in [-0.2, 0) is 16.0 Å². The van der Waals surface area contributed by atoms with Crippen LogP contribution in [0.1, 0.15) is 18.4 Å². The molecule has 0 radical (unpaired) electrons. The van der Waals surface area contributed by atoms with Crippen LogP contribution in [0.5, 0.6) is 0 Å². The van der Waals surface area contributed by atoms with E-state index < -0.39 is 17.4 Å². The molecule has 2 rings (SSSR count). The van der Waals surface area contributed by atoms with Crippen LogP contribution in [0.15, 0.2) is 33.4 Å². The SMILES string of the molecule is Cc1cc(NC(=O)C(=O)NCC(C)(O)Cc2ccco2)no1. The van der Waals surface area contributed by atoms with Crippen LogP contribution in [0.3, 0.4) is 0 Å². The first-order chi connectivity index (χ1) is 10.4. The average Bonchev–Trinajstić information content (AvgIpc) is 3.07. The van der Waals surface area contributed by atoms with Gasteiger partial charge in [0.15, 0.2) is 5.82 Å². The maximum Gasteiger partial charge on any atom is 0.314 e. The summed E-state index contributed by atoms with van der Waals surface area (Å²) >= 11 is 0. The van der Waals surface area contributed by atoms with Crippen molar-refractivity contribution in [1.82, 2.24) is 10.5 Å². The zero-order valence-corrected chi connectivity index (χ0v) is 12.3. The van der Waals surface area contributed by atoms with E-state index in [0.717, 1.165) is 0 Å². The molecule has 2 aromatic rings. The van der Waals surface area contributed by atoms with Crippen molar-refractivity contribution >= 4 is 17.6 Å². The smallest absolute Gasteiger partial charge is 0.314 e. The molecule has 0 saturated heterocycles. The summed E-state index contributed by atoms with van der Waals surface area (Å²) in [5.74, 6) is -0.513. The van der Waals surface area contributed by atoms with Crippen LogP contribution in [0.25, 0.3) is 0 Å². The molecular formula is C14H17N3O5. The van der Waals surface area contributed by atoms with Gasteiger partial charge in [-0.3, -0.25) is 14.9 Å². The Morgan fingerprint density at radius 1 is 1.41 bits per heavy atom. The van der Waals surface area contributed by atoms with Crippen molar-refractivity contribution in [2.45, 2.75) is 25.9 Å². The van der Waals surface area contributed by atoms with Crippen molar-refractivity contribution < 1.29 is 23.6 Å². The van der Waals surface area contributed by atoms with Crippen LogP contribution in [-0.4, -0.2) is 34.2 Å². The summed E-state index contributed by atoms with van der Waals surface area (Å²) in [5, 5.41) is 18.4. The number of aromatic nitrogens is 1. The highest BCUT2D eigenvalue weighted by Gasteiger charge is 2.25. The van der Waals surface area contributed by atoms with E-state index in [4.69, 9.17) is 8.94 Å².